The lowest BCUT2D eigenvalue weighted by molar-refractivity contribution is -0.138. The van der Waals surface area contributed by atoms with Gasteiger partial charge in [-0.25, -0.2) is 0 Å². The maximum Gasteiger partial charge on any atom is 0.303 e. The second kappa shape index (κ2) is 17.0. The molecule has 0 aromatic carbocycles. The summed E-state index contributed by atoms with van der Waals surface area (Å²) in [4.78, 5) is 11.0. The van der Waals surface area contributed by atoms with Crippen molar-refractivity contribution in [2.75, 3.05) is 0 Å². The van der Waals surface area contributed by atoms with Gasteiger partial charge >= 0.3 is 5.97 Å². The van der Waals surface area contributed by atoms with E-state index in [0.717, 1.165) is 12.8 Å². The van der Waals surface area contributed by atoms with Gasteiger partial charge in [-0.2, -0.15) is 0 Å². The Kier molecular flexibility index (Phi) is 17.1. The number of hydrogen-bond acceptors (Lipinski definition) is 3. The zero-order valence-corrected chi connectivity index (χ0v) is 17.0. The Bertz CT molecular complexity index is 272. The Hall–Kier alpha value is 0.170. The molecule has 1 N–H and O–H groups in total. The third kappa shape index (κ3) is 16.8. The molecule has 0 aliphatic carbocycles. The molecule has 23 heavy (non-hydrogen) atoms. The number of thiol groups is 1. The summed E-state index contributed by atoms with van der Waals surface area (Å²) in [6, 6.07) is 0. The Morgan fingerprint density at radius 2 is 1.43 bits per heavy atom. The maximum absolute atomic E-state index is 11.0. The number of carboxylic acid groups (broad SMARTS) is 1. The van der Waals surface area contributed by atoms with Gasteiger partial charge in [0.25, 0.3) is 0 Å². The molecule has 0 bridgehead atoms. The quantitative estimate of drug-likeness (QED) is 0.164. The molecule has 2 atom stereocenters. The Balaban J connectivity index is 3.52. The van der Waals surface area contributed by atoms with E-state index in [1.807, 2.05) is 0 Å². The van der Waals surface area contributed by atoms with Gasteiger partial charge in [0.1, 0.15) is 0 Å². The van der Waals surface area contributed by atoms with Crippen LogP contribution < -0.4 is 0 Å². The summed E-state index contributed by atoms with van der Waals surface area (Å²) in [5.41, 5.74) is 0. The highest BCUT2D eigenvalue weighted by molar-refractivity contribution is 8.68. The van der Waals surface area contributed by atoms with Gasteiger partial charge in [-0.1, -0.05) is 95.3 Å². The molecule has 0 aromatic heterocycles. The number of hydrogen-bond donors (Lipinski definition) is 2. The molecule has 0 heterocycles. The van der Waals surface area contributed by atoms with Crippen molar-refractivity contribution in [2.24, 2.45) is 5.92 Å². The summed E-state index contributed by atoms with van der Waals surface area (Å²) in [7, 11) is 1.54. The van der Waals surface area contributed by atoms with Gasteiger partial charge in [0, 0.05) is 11.7 Å². The van der Waals surface area contributed by atoms with E-state index in [-0.39, 0.29) is 0 Å². The zero-order valence-electron chi connectivity index (χ0n) is 15.3. The molecule has 0 amide bonds. The molecule has 4 heteroatoms. The van der Waals surface area contributed by atoms with Crippen molar-refractivity contribution in [3.8, 4) is 0 Å². The van der Waals surface area contributed by atoms with Gasteiger partial charge in [0.2, 0.25) is 0 Å². The predicted molar refractivity (Wildman–Crippen MR) is 107 cm³/mol. The van der Waals surface area contributed by atoms with Crippen LogP contribution in [-0.4, -0.2) is 16.3 Å². The van der Waals surface area contributed by atoms with Gasteiger partial charge in [-0.3, -0.25) is 4.79 Å². The predicted octanol–water partition coefficient (Wildman–Crippen LogP) is 7.14. The van der Waals surface area contributed by atoms with Crippen molar-refractivity contribution < 1.29 is 9.90 Å². The van der Waals surface area contributed by atoms with Crippen LogP contribution in [0.3, 0.4) is 0 Å². The molecule has 0 fully saturated rings. The number of rotatable bonds is 17. The molecule has 0 rings (SSSR count). The monoisotopic (exact) mass is 362 g/mol. The lowest BCUT2D eigenvalue weighted by atomic mass is 9.93. The number of carbonyl (C=O) groups is 1. The minimum absolute atomic E-state index is 0.316. The minimum Gasteiger partial charge on any atom is -0.481 e. The molecule has 138 valence electrons. The molecule has 0 aliphatic heterocycles. The van der Waals surface area contributed by atoms with Gasteiger partial charge in [-0.15, -0.1) is 11.7 Å². The Morgan fingerprint density at radius 1 is 0.957 bits per heavy atom. The molecule has 0 saturated heterocycles. The van der Waals surface area contributed by atoms with E-state index < -0.39 is 5.97 Å². The van der Waals surface area contributed by atoms with E-state index in [4.69, 9.17) is 5.11 Å². The Labute approximate surface area is 153 Å². The molecule has 0 aliphatic rings. The fourth-order valence-corrected chi connectivity index (χ4v) is 3.78. The highest BCUT2D eigenvalue weighted by Crippen LogP contribution is 2.27. The first-order valence-electron chi connectivity index (χ1n) is 9.62. The molecule has 2 unspecified atom stereocenters. The lowest BCUT2D eigenvalue weighted by Gasteiger charge is -2.17. The van der Waals surface area contributed by atoms with Crippen LogP contribution in [-0.2, 0) is 4.79 Å². The lowest BCUT2D eigenvalue weighted by Crippen LogP contribution is -2.12. The average molecular weight is 363 g/mol. The van der Waals surface area contributed by atoms with Crippen LogP contribution in [0.5, 0.6) is 0 Å². The van der Waals surface area contributed by atoms with E-state index in [9.17, 15) is 4.79 Å². The molecule has 0 spiro atoms. The van der Waals surface area contributed by atoms with Gasteiger partial charge in [0.05, 0.1) is 0 Å². The van der Waals surface area contributed by atoms with Gasteiger partial charge in [0.15, 0.2) is 0 Å². The fraction of sp³-hybridized carbons (Fsp3) is 0.947. The summed E-state index contributed by atoms with van der Waals surface area (Å²) in [6.45, 7) is 4.39. The first kappa shape index (κ1) is 23.2. The van der Waals surface area contributed by atoms with Crippen molar-refractivity contribution in [1.82, 2.24) is 0 Å². The van der Waals surface area contributed by atoms with E-state index in [1.165, 1.54) is 70.6 Å². The Morgan fingerprint density at radius 3 is 1.87 bits per heavy atom. The summed E-state index contributed by atoms with van der Waals surface area (Å²) in [6.07, 6.45) is 17.1. The standard InChI is InChI=1S/C19H38O2S2/c1-3-4-5-6-7-8-9-10-11-12-13-14-18(16-19(20)21)15-17(2)23-22/h17-18,22H,3-16H2,1-2H3,(H,20,21). The summed E-state index contributed by atoms with van der Waals surface area (Å²) >= 11 is 4.23. The van der Waals surface area contributed by atoms with Crippen LogP contribution in [0.2, 0.25) is 0 Å². The second-order valence-electron chi connectivity index (χ2n) is 6.94. The highest BCUT2D eigenvalue weighted by Gasteiger charge is 2.16. The summed E-state index contributed by atoms with van der Waals surface area (Å²) in [5, 5.41) is 9.46. The third-order valence-electron chi connectivity index (χ3n) is 4.52. The molecular formula is C19H38O2S2. The van der Waals surface area contributed by atoms with E-state index >= 15 is 0 Å². The summed E-state index contributed by atoms with van der Waals surface area (Å²) < 4.78 is 0. The van der Waals surface area contributed by atoms with Crippen molar-refractivity contribution in [3.63, 3.8) is 0 Å². The second-order valence-corrected chi connectivity index (χ2v) is 8.59. The van der Waals surface area contributed by atoms with E-state index in [0.29, 0.717) is 17.6 Å². The minimum atomic E-state index is -0.658. The number of aliphatic carboxylic acids is 1. The maximum atomic E-state index is 11.0. The first-order chi connectivity index (χ1) is 11.1. The van der Waals surface area contributed by atoms with Gasteiger partial charge < -0.3 is 5.11 Å². The SMILES string of the molecule is CCCCCCCCCCCCCC(CC(=O)O)CC(C)SS. The molecule has 0 radical (unpaired) electrons. The van der Waals surface area contributed by atoms with Crippen molar-refractivity contribution in [2.45, 2.75) is 109 Å². The topological polar surface area (TPSA) is 37.3 Å². The van der Waals surface area contributed by atoms with Crippen LogP contribution >= 0.6 is 22.5 Å². The zero-order chi connectivity index (χ0) is 17.3. The number of carboxylic acids is 1. The van der Waals surface area contributed by atoms with E-state index in [1.54, 1.807) is 10.8 Å². The average Bonchev–Trinajstić information content (AvgIpc) is 2.51. The van der Waals surface area contributed by atoms with Crippen molar-refractivity contribution >= 4 is 28.4 Å². The molecule has 0 aromatic rings. The molecular weight excluding hydrogens is 324 g/mol. The molecule has 0 saturated carbocycles. The first-order valence-corrected chi connectivity index (χ1v) is 11.5. The highest BCUT2D eigenvalue weighted by atomic mass is 33.1. The van der Waals surface area contributed by atoms with E-state index in [2.05, 4.69) is 25.5 Å². The van der Waals surface area contributed by atoms with Crippen LogP contribution in [0.15, 0.2) is 0 Å². The fourth-order valence-electron chi connectivity index (χ4n) is 3.16. The van der Waals surface area contributed by atoms with Crippen LogP contribution in [0, 0.1) is 5.92 Å². The van der Waals surface area contributed by atoms with Crippen LogP contribution in [0.1, 0.15) is 104 Å². The third-order valence-corrected chi connectivity index (χ3v) is 6.16. The van der Waals surface area contributed by atoms with Crippen molar-refractivity contribution in [1.29, 1.82) is 0 Å². The van der Waals surface area contributed by atoms with Crippen LogP contribution in [0.25, 0.3) is 0 Å². The van der Waals surface area contributed by atoms with Crippen molar-refractivity contribution in [3.05, 3.63) is 0 Å². The molecule has 2 nitrogen and oxygen atoms in total. The smallest absolute Gasteiger partial charge is 0.303 e. The normalized spacial score (nSPS) is 13.9. The van der Waals surface area contributed by atoms with Gasteiger partial charge in [-0.05, 0) is 18.8 Å². The largest absolute Gasteiger partial charge is 0.481 e. The summed E-state index contributed by atoms with van der Waals surface area (Å²) in [5.74, 6) is -0.338. The number of unbranched alkanes of at least 4 members (excludes halogenated alkanes) is 10. The van der Waals surface area contributed by atoms with Crippen LogP contribution in [0.4, 0.5) is 0 Å².